The molecule has 2 aliphatic rings. The number of nitrogens with one attached hydrogen (secondary N) is 1. The van der Waals surface area contributed by atoms with Gasteiger partial charge in [0.2, 0.25) is 11.8 Å². The van der Waals surface area contributed by atoms with Crippen LogP contribution in [0.3, 0.4) is 0 Å². The molecule has 0 aliphatic heterocycles. The number of carbonyl (C=O) groups is 2. The molecule has 0 aromatic heterocycles. The van der Waals surface area contributed by atoms with Crippen LogP contribution in [-0.4, -0.2) is 11.8 Å². The highest BCUT2D eigenvalue weighted by Gasteiger charge is 2.27. The van der Waals surface area contributed by atoms with Crippen LogP contribution in [0.5, 0.6) is 0 Å². The van der Waals surface area contributed by atoms with Crippen molar-refractivity contribution in [3.8, 4) is 0 Å². The number of imide groups is 1. The van der Waals surface area contributed by atoms with E-state index in [1.54, 1.807) is 0 Å². The summed E-state index contributed by atoms with van der Waals surface area (Å²) in [5.41, 5.74) is 0. The SMILES string of the molecule is CCCCCCCC[C@H]1CCC[C@@H]1CCCCCCC(=O)NC(=O)CCCCCC[C@H]1CCC[C@@H]1CCCCCCCC. The molecule has 4 atom stereocenters. The van der Waals surface area contributed by atoms with Crippen LogP contribution in [0.4, 0.5) is 0 Å². The van der Waals surface area contributed by atoms with Gasteiger partial charge in [0, 0.05) is 12.8 Å². The van der Waals surface area contributed by atoms with Crippen molar-refractivity contribution in [2.75, 3.05) is 0 Å². The second-order valence-electron chi connectivity index (χ2n) is 14.9. The van der Waals surface area contributed by atoms with Gasteiger partial charge in [-0.1, -0.05) is 194 Å². The Morgan fingerprint density at radius 1 is 0.419 bits per heavy atom. The van der Waals surface area contributed by atoms with Gasteiger partial charge in [-0.15, -0.1) is 0 Å². The number of hydrogen-bond donors (Lipinski definition) is 1. The van der Waals surface area contributed by atoms with E-state index in [9.17, 15) is 9.59 Å². The second kappa shape index (κ2) is 26.4. The summed E-state index contributed by atoms with van der Waals surface area (Å²) in [4.78, 5) is 24.5. The molecule has 3 nitrogen and oxygen atoms in total. The Morgan fingerprint density at radius 3 is 1.02 bits per heavy atom. The largest absolute Gasteiger partial charge is 0.296 e. The van der Waals surface area contributed by atoms with Crippen molar-refractivity contribution in [3.63, 3.8) is 0 Å². The number of hydrogen-bond acceptors (Lipinski definition) is 2. The van der Waals surface area contributed by atoms with Crippen LogP contribution in [0.2, 0.25) is 0 Å². The summed E-state index contributed by atoms with van der Waals surface area (Å²) in [5.74, 6) is 3.79. The first kappa shape index (κ1) is 38.3. The van der Waals surface area contributed by atoms with Crippen molar-refractivity contribution in [1.82, 2.24) is 5.32 Å². The predicted molar refractivity (Wildman–Crippen MR) is 186 cm³/mol. The Hall–Kier alpha value is -0.860. The van der Waals surface area contributed by atoms with Crippen molar-refractivity contribution in [3.05, 3.63) is 0 Å². The molecule has 2 aliphatic carbocycles. The molecule has 0 aromatic carbocycles. The van der Waals surface area contributed by atoms with Gasteiger partial charge >= 0.3 is 0 Å². The molecule has 0 aromatic rings. The van der Waals surface area contributed by atoms with Crippen molar-refractivity contribution in [2.24, 2.45) is 23.7 Å². The molecule has 2 amide bonds. The molecule has 252 valence electrons. The topological polar surface area (TPSA) is 46.2 Å². The summed E-state index contributed by atoms with van der Waals surface area (Å²) in [6.07, 6.45) is 41.6. The Balaban J connectivity index is 1.38. The van der Waals surface area contributed by atoms with Gasteiger partial charge in [0.05, 0.1) is 0 Å². The number of unbranched alkanes of at least 4 members (excludes halogenated alkanes) is 16. The molecule has 0 unspecified atom stereocenters. The van der Waals surface area contributed by atoms with E-state index in [0.717, 1.165) is 49.4 Å². The van der Waals surface area contributed by atoms with E-state index in [1.165, 1.54) is 167 Å². The standard InChI is InChI=1S/C40H75NO2/c1-3-5-7-9-11-17-25-35-29-23-31-37(35)27-19-13-15-21-33-39(42)41-40(43)34-22-16-14-20-28-38-32-24-30-36(38)26-18-12-10-8-6-4-2/h35-38H,3-34H2,1-2H3,(H,41,42,43)/t35-,36-,37-,38-/m0/s1. The highest BCUT2D eigenvalue weighted by Crippen LogP contribution is 2.39. The third kappa shape index (κ3) is 19.3. The third-order valence-corrected chi connectivity index (χ3v) is 11.2. The fourth-order valence-electron chi connectivity index (χ4n) is 8.49. The summed E-state index contributed by atoms with van der Waals surface area (Å²) in [5, 5.41) is 2.66. The maximum atomic E-state index is 12.2. The highest BCUT2D eigenvalue weighted by atomic mass is 16.2. The van der Waals surface area contributed by atoms with Gasteiger partial charge < -0.3 is 0 Å². The van der Waals surface area contributed by atoms with Crippen LogP contribution in [0.25, 0.3) is 0 Å². The normalized spacial score (nSPS) is 21.9. The predicted octanol–water partition coefficient (Wildman–Crippen LogP) is 12.6. The van der Waals surface area contributed by atoms with Crippen LogP contribution >= 0.6 is 0 Å². The van der Waals surface area contributed by atoms with Crippen LogP contribution < -0.4 is 5.32 Å². The molecule has 0 radical (unpaired) electrons. The maximum Gasteiger partial charge on any atom is 0.226 e. The van der Waals surface area contributed by atoms with E-state index in [4.69, 9.17) is 0 Å². The van der Waals surface area contributed by atoms with Gasteiger partial charge in [-0.3, -0.25) is 14.9 Å². The molecule has 0 bridgehead atoms. The summed E-state index contributed by atoms with van der Waals surface area (Å²) < 4.78 is 0. The quantitative estimate of drug-likeness (QED) is 0.0907. The molecule has 0 heterocycles. The molecular weight excluding hydrogens is 526 g/mol. The lowest BCUT2D eigenvalue weighted by Crippen LogP contribution is -2.29. The molecule has 43 heavy (non-hydrogen) atoms. The minimum atomic E-state index is -0.0579. The smallest absolute Gasteiger partial charge is 0.226 e. The Labute approximate surface area is 269 Å². The number of carbonyl (C=O) groups excluding carboxylic acids is 2. The first-order chi connectivity index (χ1) is 21.1. The van der Waals surface area contributed by atoms with Crippen LogP contribution in [-0.2, 0) is 9.59 Å². The summed E-state index contributed by atoms with van der Waals surface area (Å²) in [7, 11) is 0. The number of amides is 2. The average Bonchev–Trinajstić information content (AvgIpc) is 3.65. The van der Waals surface area contributed by atoms with Crippen LogP contribution in [0.15, 0.2) is 0 Å². The first-order valence-electron chi connectivity index (χ1n) is 20.0. The lowest BCUT2D eigenvalue weighted by molar-refractivity contribution is -0.130. The molecule has 2 fully saturated rings. The fourth-order valence-corrected chi connectivity index (χ4v) is 8.49. The first-order valence-corrected chi connectivity index (χ1v) is 20.0. The van der Waals surface area contributed by atoms with Crippen molar-refractivity contribution < 1.29 is 9.59 Å². The maximum absolute atomic E-state index is 12.2. The third-order valence-electron chi connectivity index (χ3n) is 11.2. The Kier molecular flexibility index (Phi) is 23.5. The van der Waals surface area contributed by atoms with Gasteiger partial charge in [0.15, 0.2) is 0 Å². The summed E-state index contributed by atoms with van der Waals surface area (Å²) >= 11 is 0. The van der Waals surface area contributed by atoms with E-state index in [-0.39, 0.29) is 11.8 Å². The molecule has 2 rings (SSSR count). The molecular formula is C40H75NO2. The Bertz CT molecular complexity index is 619. The zero-order chi connectivity index (χ0) is 30.8. The van der Waals surface area contributed by atoms with E-state index in [1.807, 2.05) is 0 Å². The molecule has 3 heteroatoms. The number of rotatable bonds is 28. The van der Waals surface area contributed by atoms with Crippen LogP contribution in [0, 0.1) is 23.7 Å². The summed E-state index contributed by atoms with van der Waals surface area (Å²) in [6.45, 7) is 4.59. The minimum absolute atomic E-state index is 0.0579. The zero-order valence-electron chi connectivity index (χ0n) is 29.3. The second-order valence-corrected chi connectivity index (χ2v) is 14.9. The Morgan fingerprint density at radius 2 is 0.698 bits per heavy atom. The van der Waals surface area contributed by atoms with Crippen molar-refractivity contribution in [1.29, 1.82) is 0 Å². The lowest BCUT2D eigenvalue weighted by atomic mass is 9.86. The van der Waals surface area contributed by atoms with E-state index >= 15 is 0 Å². The van der Waals surface area contributed by atoms with E-state index in [2.05, 4.69) is 19.2 Å². The van der Waals surface area contributed by atoms with Gasteiger partial charge in [-0.05, 0) is 36.5 Å². The van der Waals surface area contributed by atoms with E-state index < -0.39 is 0 Å². The van der Waals surface area contributed by atoms with Gasteiger partial charge in [0.25, 0.3) is 0 Å². The zero-order valence-corrected chi connectivity index (χ0v) is 29.3. The molecule has 1 N–H and O–H groups in total. The van der Waals surface area contributed by atoms with Gasteiger partial charge in [0.1, 0.15) is 0 Å². The molecule has 2 saturated carbocycles. The van der Waals surface area contributed by atoms with Gasteiger partial charge in [-0.2, -0.15) is 0 Å². The monoisotopic (exact) mass is 602 g/mol. The summed E-state index contributed by atoms with van der Waals surface area (Å²) in [6, 6.07) is 0. The van der Waals surface area contributed by atoms with Crippen molar-refractivity contribution in [2.45, 2.75) is 219 Å². The molecule has 0 saturated heterocycles. The molecule has 0 spiro atoms. The van der Waals surface area contributed by atoms with Crippen molar-refractivity contribution >= 4 is 11.8 Å². The fraction of sp³-hybridized carbons (Fsp3) is 0.950. The van der Waals surface area contributed by atoms with E-state index in [0.29, 0.717) is 12.8 Å². The lowest BCUT2D eigenvalue weighted by Gasteiger charge is -2.19. The van der Waals surface area contributed by atoms with Crippen LogP contribution in [0.1, 0.15) is 219 Å². The minimum Gasteiger partial charge on any atom is -0.296 e. The average molecular weight is 602 g/mol. The highest BCUT2D eigenvalue weighted by molar-refractivity contribution is 5.95. The van der Waals surface area contributed by atoms with Gasteiger partial charge in [-0.25, -0.2) is 0 Å².